The zero-order valence-electron chi connectivity index (χ0n) is 13.1. The topological polar surface area (TPSA) is 58.7 Å². The Morgan fingerprint density at radius 3 is 2.70 bits per heavy atom. The Morgan fingerprint density at radius 1 is 1.30 bits per heavy atom. The van der Waals surface area contributed by atoms with Crippen molar-refractivity contribution in [2.75, 3.05) is 24.5 Å². The van der Waals surface area contributed by atoms with Gasteiger partial charge in [-0.15, -0.1) is 11.8 Å². The molecule has 2 aromatic carbocycles. The molecular weight excluding hydrogens is 350 g/mol. The number of aliphatic imine (C=N–C) groups is 1. The third-order valence-electron chi connectivity index (χ3n) is 3.27. The van der Waals surface area contributed by atoms with Crippen LogP contribution in [0.4, 0.5) is 11.4 Å². The van der Waals surface area contributed by atoms with E-state index in [1.54, 1.807) is 29.0 Å². The largest absolute Gasteiger partial charge is 0.369 e. The molecule has 0 saturated carbocycles. The maximum Gasteiger partial charge on any atom is 0.200 e. The fraction of sp³-hybridized carbons (Fsp3) is 0.188. The number of thioether (sulfide) groups is 1. The van der Waals surface area contributed by atoms with Crippen molar-refractivity contribution in [3.05, 3.63) is 47.5 Å². The van der Waals surface area contributed by atoms with Crippen molar-refractivity contribution < 1.29 is 4.21 Å². The molecule has 2 aromatic rings. The summed E-state index contributed by atoms with van der Waals surface area (Å²) in [6.07, 6.45) is 3.63. The third kappa shape index (κ3) is 4.50. The smallest absolute Gasteiger partial charge is 0.200 e. The zero-order valence-corrected chi connectivity index (χ0v) is 15.5. The van der Waals surface area contributed by atoms with Gasteiger partial charge in [0, 0.05) is 39.6 Å². The Balaban J connectivity index is 2.34. The van der Waals surface area contributed by atoms with Gasteiger partial charge in [0.05, 0.1) is 10.7 Å². The van der Waals surface area contributed by atoms with Gasteiger partial charge < -0.3 is 10.6 Å². The SMILES string of the molecule is CSc1ccc(Cl)c(N=C(N)N(C)c2cccc(S(C)=O)c2)c1. The maximum atomic E-state index is 11.6. The summed E-state index contributed by atoms with van der Waals surface area (Å²) in [7, 11) is 0.762. The van der Waals surface area contributed by atoms with E-state index in [2.05, 4.69) is 4.99 Å². The van der Waals surface area contributed by atoms with E-state index in [1.807, 2.05) is 49.7 Å². The molecule has 0 bridgehead atoms. The molecule has 23 heavy (non-hydrogen) atoms. The molecule has 4 nitrogen and oxygen atoms in total. The zero-order chi connectivity index (χ0) is 17.0. The van der Waals surface area contributed by atoms with Crippen LogP contribution >= 0.6 is 23.4 Å². The summed E-state index contributed by atoms with van der Waals surface area (Å²) < 4.78 is 11.6. The normalized spacial score (nSPS) is 13.0. The number of nitrogens with zero attached hydrogens (tertiary/aromatic N) is 2. The average Bonchev–Trinajstić information content (AvgIpc) is 2.56. The highest BCUT2D eigenvalue weighted by Gasteiger charge is 2.09. The molecular formula is C16H18ClN3OS2. The number of halogens is 1. The number of guanidine groups is 1. The van der Waals surface area contributed by atoms with Gasteiger partial charge in [-0.05, 0) is 42.7 Å². The highest BCUT2D eigenvalue weighted by molar-refractivity contribution is 7.98. The summed E-state index contributed by atoms with van der Waals surface area (Å²) in [5.41, 5.74) is 7.54. The molecule has 0 radical (unpaired) electrons. The maximum absolute atomic E-state index is 11.6. The summed E-state index contributed by atoms with van der Waals surface area (Å²) in [5.74, 6) is 0.309. The van der Waals surface area contributed by atoms with E-state index in [-0.39, 0.29) is 0 Å². The van der Waals surface area contributed by atoms with Crippen LogP contribution in [0.3, 0.4) is 0 Å². The molecule has 1 atom stereocenters. The molecule has 2 rings (SSSR count). The van der Waals surface area contributed by atoms with Crippen molar-refractivity contribution in [2.45, 2.75) is 9.79 Å². The van der Waals surface area contributed by atoms with Gasteiger partial charge in [-0.1, -0.05) is 17.7 Å². The van der Waals surface area contributed by atoms with Gasteiger partial charge in [0.15, 0.2) is 0 Å². The van der Waals surface area contributed by atoms with Crippen molar-refractivity contribution in [3.8, 4) is 0 Å². The van der Waals surface area contributed by atoms with Crippen LogP contribution in [0.5, 0.6) is 0 Å². The molecule has 0 aliphatic carbocycles. The van der Waals surface area contributed by atoms with Crippen LogP contribution in [0.25, 0.3) is 0 Å². The lowest BCUT2D eigenvalue weighted by Crippen LogP contribution is -2.33. The van der Waals surface area contributed by atoms with Crippen molar-refractivity contribution >= 4 is 51.5 Å². The van der Waals surface area contributed by atoms with Gasteiger partial charge in [0.25, 0.3) is 0 Å². The monoisotopic (exact) mass is 367 g/mol. The fourth-order valence-electron chi connectivity index (χ4n) is 1.91. The molecule has 0 aromatic heterocycles. The molecule has 0 fully saturated rings. The van der Waals surface area contributed by atoms with Gasteiger partial charge >= 0.3 is 0 Å². The highest BCUT2D eigenvalue weighted by Crippen LogP contribution is 2.30. The summed E-state index contributed by atoms with van der Waals surface area (Å²) in [6, 6.07) is 13.0. The Morgan fingerprint density at radius 2 is 2.04 bits per heavy atom. The lowest BCUT2D eigenvalue weighted by molar-refractivity contribution is 0.687. The van der Waals surface area contributed by atoms with E-state index in [1.165, 1.54) is 0 Å². The van der Waals surface area contributed by atoms with E-state index in [4.69, 9.17) is 17.3 Å². The van der Waals surface area contributed by atoms with Crippen LogP contribution in [0.15, 0.2) is 57.2 Å². The molecule has 2 N–H and O–H groups in total. The number of anilines is 1. The first-order valence-electron chi connectivity index (χ1n) is 6.77. The molecule has 122 valence electrons. The lowest BCUT2D eigenvalue weighted by atomic mass is 10.3. The van der Waals surface area contributed by atoms with Crippen molar-refractivity contribution in [2.24, 2.45) is 10.7 Å². The molecule has 0 amide bonds. The van der Waals surface area contributed by atoms with E-state index in [0.717, 1.165) is 15.5 Å². The summed E-state index contributed by atoms with van der Waals surface area (Å²) in [6.45, 7) is 0. The van der Waals surface area contributed by atoms with Crippen LogP contribution in [0.2, 0.25) is 5.02 Å². The van der Waals surface area contributed by atoms with Crippen LogP contribution in [0, 0.1) is 0 Å². The molecule has 0 aliphatic heterocycles. The number of rotatable bonds is 4. The summed E-state index contributed by atoms with van der Waals surface area (Å²) in [5, 5.41) is 0.544. The number of nitrogens with two attached hydrogens (primary N) is 1. The highest BCUT2D eigenvalue weighted by atomic mass is 35.5. The van der Waals surface area contributed by atoms with E-state index < -0.39 is 10.8 Å². The minimum absolute atomic E-state index is 0.309. The van der Waals surface area contributed by atoms with Gasteiger partial charge in [0.1, 0.15) is 0 Å². The number of benzene rings is 2. The Kier molecular flexibility index (Phi) is 6.10. The molecule has 7 heteroatoms. The average molecular weight is 368 g/mol. The second kappa shape index (κ2) is 7.86. The predicted octanol–water partition coefficient (Wildman–Crippen LogP) is 3.88. The van der Waals surface area contributed by atoms with Crippen LogP contribution < -0.4 is 10.6 Å². The molecule has 0 spiro atoms. The second-order valence-corrected chi connectivity index (χ2v) is 7.46. The Hall–Kier alpha value is -1.50. The standard InChI is InChI=1S/C16H18ClN3OS2/c1-20(11-5-4-6-13(9-11)23(3)21)16(18)19-15-10-12(22-2)7-8-14(15)17/h4-10H,1-3H3,(H2,18,19). The van der Waals surface area contributed by atoms with E-state index in [0.29, 0.717) is 16.7 Å². The fourth-order valence-corrected chi connectivity index (χ4v) is 3.06. The van der Waals surface area contributed by atoms with Gasteiger partial charge in [-0.2, -0.15) is 0 Å². The molecule has 0 aliphatic rings. The Labute approximate surface area is 148 Å². The van der Waals surface area contributed by atoms with Gasteiger partial charge in [-0.25, -0.2) is 4.99 Å². The minimum atomic E-state index is -1.05. The van der Waals surface area contributed by atoms with Crippen molar-refractivity contribution in [1.82, 2.24) is 0 Å². The summed E-state index contributed by atoms with van der Waals surface area (Å²) >= 11 is 7.80. The second-order valence-electron chi connectivity index (χ2n) is 4.80. The first kappa shape index (κ1) is 17.8. The minimum Gasteiger partial charge on any atom is -0.369 e. The van der Waals surface area contributed by atoms with E-state index in [9.17, 15) is 4.21 Å². The lowest BCUT2D eigenvalue weighted by Gasteiger charge is -2.19. The first-order chi connectivity index (χ1) is 10.9. The van der Waals surface area contributed by atoms with Crippen molar-refractivity contribution in [1.29, 1.82) is 0 Å². The number of hydrogen-bond acceptors (Lipinski definition) is 3. The van der Waals surface area contributed by atoms with Crippen LogP contribution in [-0.4, -0.2) is 29.7 Å². The van der Waals surface area contributed by atoms with Crippen molar-refractivity contribution in [3.63, 3.8) is 0 Å². The first-order valence-corrected chi connectivity index (χ1v) is 9.93. The Bertz CT molecular complexity index is 765. The molecule has 1 unspecified atom stereocenters. The molecule has 0 saturated heterocycles. The summed E-state index contributed by atoms with van der Waals surface area (Å²) in [4.78, 5) is 7.95. The quantitative estimate of drug-likeness (QED) is 0.506. The van der Waals surface area contributed by atoms with Crippen LogP contribution in [-0.2, 0) is 10.8 Å². The van der Waals surface area contributed by atoms with E-state index >= 15 is 0 Å². The molecule has 0 heterocycles. The number of hydrogen-bond donors (Lipinski definition) is 1. The van der Waals surface area contributed by atoms with Gasteiger partial charge in [-0.3, -0.25) is 4.21 Å². The predicted molar refractivity (Wildman–Crippen MR) is 102 cm³/mol. The van der Waals surface area contributed by atoms with Gasteiger partial charge in [0.2, 0.25) is 5.96 Å². The third-order valence-corrected chi connectivity index (χ3v) is 5.23. The van der Waals surface area contributed by atoms with Crippen LogP contribution in [0.1, 0.15) is 0 Å².